The van der Waals surface area contributed by atoms with Gasteiger partial charge in [0, 0.05) is 38.9 Å². The fourth-order valence-corrected chi connectivity index (χ4v) is 10.7. The number of ether oxygens (including phenoxy) is 4. The van der Waals surface area contributed by atoms with E-state index < -0.39 is 53.3 Å². The van der Waals surface area contributed by atoms with Gasteiger partial charge in [-0.3, -0.25) is 0 Å². The molecule has 2 saturated heterocycles. The molecule has 0 N–H and O–H groups in total. The second-order valence-corrected chi connectivity index (χ2v) is 17.4. The van der Waals surface area contributed by atoms with Crippen LogP contribution in [0.15, 0.2) is 176 Å². The smallest absolute Gasteiger partial charge is 0.229 e. The molecule has 0 spiro atoms. The van der Waals surface area contributed by atoms with Crippen LogP contribution in [0, 0.1) is 0 Å². The van der Waals surface area contributed by atoms with Crippen LogP contribution in [0.3, 0.4) is 0 Å². The molecule has 0 aromatic heterocycles. The summed E-state index contributed by atoms with van der Waals surface area (Å²) in [6.07, 6.45) is -3.90. The summed E-state index contributed by atoms with van der Waals surface area (Å²) in [4.78, 5) is 2.13. The minimum absolute atomic E-state index is 0.288. The van der Waals surface area contributed by atoms with Gasteiger partial charge < -0.3 is 32.9 Å². The molecule has 0 bridgehead atoms. The molecule has 7 nitrogen and oxygen atoms in total. The summed E-state index contributed by atoms with van der Waals surface area (Å²) in [7, 11) is 1.40. The highest BCUT2D eigenvalue weighted by molar-refractivity contribution is 7.69. The second-order valence-electron chi connectivity index (χ2n) is 13.8. The first kappa shape index (κ1) is 37.7. The molecular formula is C46H45NO6P2. The first-order valence-electron chi connectivity index (χ1n) is 18.6. The Morgan fingerprint density at radius 3 is 1.51 bits per heavy atom. The lowest BCUT2D eigenvalue weighted by Crippen LogP contribution is -2.64. The molecule has 2 aliphatic rings. The van der Waals surface area contributed by atoms with Crippen molar-refractivity contribution >= 4 is 37.5 Å². The van der Waals surface area contributed by atoms with Crippen molar-refractivity contribution in [2.45, 2.75) is 43.5 Å². The molecular weight excluding hydrogens is 724 g/mol. The van der Waals surface area contributed by atoms with Crippen LogP contribution < -0.4 is 26.0 Å². The SMILES string of the molecule is CN(C)Cc1ccccc1O[C@@H]1O[C@@H]2CO[C@@H](c3ccccc3)O[C@H]2[C@H](OP(c2ccccc2)c2ccccc2)[C@H]1OP(c1ccccc1)c1ccccc1. The summed E-state index contributed by atoms with van der Waals surface area (Å²) in [6.45, 7) is 0.982. The molecule has 9 heteroatoms. The van der Waals surface area contributed by atoms with Gasteiger partial charge in [0.15, 0.2) is 12.4 Å². The van der Waals surface area contributed by atoms with Crippen LogP contribution in [0.1, 0.15) is 17.4 Å². The lowest BCUT2D eigenvalue weighted by molar-refractivity contribution is -0.342. The lowest BCUT2D eigenvalue weighted by Gasteiger charge is -2.50. The number of fused-ring (bicyclic) bond motifs is 1. The van der Waals surface area contributed by atoms with Crippen LogP contribution in [0.5, 0.6) is 5.75 Å². The van der Waals surface area contributed by atoms with E-state index in [-0.39, 0.29) is 6.61 Å². The zero-order chi connectivity index (χ0) is 37.4. The fourth-order valence-electron chi connectivity index (χ4n) is 6.91. The number of hydrogen-bond acceptors (Lipinski definition) is 7. The quantitative estimate of drug-likeness (QED) is 0.111. The van der Waals surface area contributed by atoms with Crippen molar-refractivity contribution in [2.24, 2.45) is 0 Å². The maximum atomic E-state index is 7.57. The predicted molar refractivity (Wildman–Crippen MR) is 221 cm³/mol. The minimum atomic E-state index is -1.36. The van der Waals surface area contributed by atoms with Crippen molar-refractivity contribution in [3.63, 3.8) is 0 Å². The maximum Gasteiger partial charge on any atom is 0.229 e. The molecule has 0 radical (unpaired) electrons. The molecule has 6 atom stereocenters. The van der Waals surface area contributed by atoms with Gasteiger partial charge in [0.2, 0.25) is 6.29 Å². The van der Waals surface area contributed by atoms with E-state index in [1.165, 1.54) is 0 Å². The third-order valence-corrected chi connectivity index (χ3v) is 13.5. The largest absolute Gasteiger partial charge is 0.462 e. The summed E-state index contributed by atoms with van der Waals surface area (Å²) in [5.41, 5.74) is 1.97. The molecule has 2 aliphatic heterocycles. The highest BCUT2D eigenvalue weighted by Crippen LogP contribution is 2.48. The van der Waals surface area contributed by atoms with Crippen LogP contribution >= 0.6 is 16.3 Å². The van der Waals surface area contributed by atoms with Gasteiger partial charge in [-0.1, -0.05) is 170 Å². The second kappa shape index (κ2) is 18.1. The Morgan fingerprint density at radius 1 is 0.545 bits per heavy atom. The summed E-state index contributed by atoms with van der Waals surface area (Å²) in [5.74, 6) is 0.726. The van der Waals surface area contributed by atoms with Gasteiger partial charge >= 0.3 is 0 Å². The van der Waals surface area contributed by atoms with E-state index in [4.69, 9.17) is 28.0 Å². The van der Waals surface area contributed by atoms with Crippen LogP contribution in [0.2, 0.25) is 0 Å². The van der Waals surface area contributed by atoms with Crippen molar-refractivity contribution in [3.05, 3.63) is 187 Å². The number of para-hydroxylation sites is 1. The fraction of sp³-hybridized carbons (Fsp3) is 0.217. The van der Waals surface area contributed by atoms with E-state index in [2.05, 4.69) is 122 Å². The predicted octanol–water partition coefficient (Wildman–Crippen LogP) is 7.83. The molecule has 280 valence electrons. The molecule has 0 amide bonds. The number of hydrogen-bond donors (Lipinski definition) is 0. The minimum Gasteiger partial charge on any atom is -0.462 e. The van der Waals surface area contributed by atoms with Gasteiger partial charge in [0.1, 0.15) is 24.1 Å². The summed E-state index contributed by atoms with van der Waals surface area (Å²) >= 11 is 0. The first-order chi connectivity index (χ1) is 27.1. The molecule has 6 aromatic rings. The Bertz CT molecular complexity index is 1980. The molecule has 55 heavy (non-hydrogen) atoms. The normalized spacial score (nSPS) is 22.4. The van der Waals surface area contributed by atoms with Crippen LogP contribution in [-0.4, -0.2) is 56.3 Å². The summed E-state index contributed by atoms with van der Waals surface area (Å²) in [6, 6.07) is 59.8. The van der Waals surface area contributed by atoms with Gasteiger partial charge in [-0.15, -0.1) is 0 Å². The number of rotatable bonds is 13. The highest BCUT2D eigenvalue weighted by atomic mass is 31.1. The van der Waals surface area contributed by atoms with E-state index in [1.807, 2.05) is 72.8 Å². The Labute approximate surface area is 326 Å². The van der Waals surface area contributed by atoms with Gasteiger partial charge in [-0.05, 0) is 20.2 Å². The zero-order valence-corrected chi connectivity index (χ0v) is 32.7. The molecule has 0 unspecified atom stereocenters. The molecule has 8 rings (SSSR count). The van der Waals surface area contributed by atoms with Crippen LogP contribution in [0.25, 0.3) is 0 Å². The standard InChI is InChI=1S/C46H45NO6P2/c1-47(2)32-35-22-18-19-31-40(35)49-46-44(53-55(38-27-14-6-15-28-38)39-29-16-7-17-30-39)43(42-41(50-46)33-48-45(51-42)34-20-8-3-9-21-34)52-54(36-23-10-4-11-24-36)37-25-12-5-13-26-37/h3-31,41-46H,32-33H2,1-2H3/t41-,42-,43+,44-,45-,46-/m1/s1. The van der Waals surface area contributed by atoms with E-state index in [9.17, 15) is 0 Å². The zero-order valence-electron chi connectivity index (χ0n) is 30.9. The van der Waals surface area contributed by atoms with Gasteiger partial charge in [-0.2, -0.15) is 0 Å². The van der Waals surface area contributed by atoms with Crippen molar-refractivity contribution < 1.29 is 28.0 Å². The molecule has 0 saturated carbocycles. The summed E-state index contributed by atoms with van der Waals surface area (Å²) < 4.78 is 42.4. The third kappa shape index (κ3) is 9.08. The average Bonchev–Trinajstić information content (AvgIpc) is 3.24. The monoisotopic (exact) mass is 769 g/mol. The third-order valence-electron chi connectivity index (χ3n) is 9.47. The first-order valence-corrected chi connectivity index (χ1v) is 21.1. The van der Waals surface area contributed by atoms with Gasteiger partial charge in [-0.25, -0.2) is 0 Å². The molecule has 2 heterocycles. The van der Waals surface area contributed by atoms with Gasteiger partial charge in [0.25, 0.3) is 0 Å². The molecule has 0 aliphatic carbocycles. The molecule has 2 fully saturated rings. The van der Waals surface area contributed by atoms with E-state index in [0.717, 1.165) is 38.1 Å². The average molecular weight is 770 g/mol. The molecule has 6 aromatic carbocycles. The van der Waals surface area contributed by atoms with Gasteiger partial charge in [0.05, 0.1) is 22.9 Å². The lowest BCUT2D eigenvalue weighted by atomic mass is 9.97. The Kier molecular flexibility index (Phi) is 12.4. The summed E-state index contributed by atoms with van der Waals surface area (Å²) in [5, 5.41) is 4.30. The van der Waals surface area contributed by atoms with Crippen LogP contribution in [-0.2, 0) is 29.8 Å². The Hall–Kier alpha value is -4.26. The van der Waals surface area contributed by atoms with Crippen LogP contribution in [0.4, 0.5) is 0 Å². The van der Waals surface area contributed by atoms with E-state index >= 15 is 0 Å². The number of nitrogens with zero attached hydrogens (tertiary/aromatic N) is 1. The van der Waals surface area contributed by atoms with E-state index in [1.54, 1.807) is 0 Å². The highest BCUT2D eigenvalue weighted by Gasteiger charge is 2.54. The maximum absolute atomic E-state index is 7.57. The topological polar surface area (TPSA) is 58.6 Å². The Morgan fingerprint density at radius 2 is 1.00 bits per heavy atom. The van der Waals surface area contributed by atoms with Crippen molar-refractivity contribution in [3.8, 4) is 5.75 Å². The van der Waals surface area contributed by atoms with Crippen molar-refractivity contribution in [1.82, 2.24) is 4.90 Å². The number of benzene rings is 6. The van der Waals surface area contributed by atoms with E-state index in [0.29, 0.717) is 6.54 Å². The van der Waals surface area contributed by atoms with Crippen molar-refractivity contribution in [2.75, 3.05) is 20.7 Å². The Balaban J connectivity index is 1.26. The van der Waals surface area contributed by atoms with Crippen molar-refractivity contribution in [1.29, 1.82) is 0 Å².